The monoisotopic (exact) mass is 332 g/mol. The first-order chi connectivity index (χ1) is 7.50. The van der Waals surface area contributed by atoms with Crippen LogP contribution in [0.5, 0.6) is 0 Å². The quantitative estimate of drug-likeness (QED) is 0.792. The molecule has 1 aromatic rings. The molecule has 0 heterocycles. The molecule has 4 nitrogen and oxygen atoms in total. The summed E-state index contributed by atoms with van der Waals surface area (Å²) in [6.45, 7) is 0. The number of carbonyl (C=O) groups is 2. The van der Waals surface area contributed by atoms with Gasteiger partial charge in [-0.15, -0.1) is 0 Å². The molecule has 0 aliphatic carbocycles. The minimum Gasteiger partial charge on any atom is -0.370 e. The minimum absolute atomic E-state index is 0.142. The van der Waals surface area contributed by atoms with Gasteiger partial charge in [-0.25, -0.2) is 0 Å². The highest BCUT2D eigenvalue weighted by Crippen LogP contribution is 2.27. The highest BCUT2D eigenvalue weighted by atomic mass is 127. The normalized spacial score (nSPS) is 10.4. The first-order valence-electron chi connectivity index (χ1n) is 4.81. The van der Waals surface area contributed by atoms with E-state index >= 15 is 0 Å². The smallest absolute Gasteiger partial charge is 0.218 e. The van der Waals surface area contributed by atoms with E-state index in [2.05, 4.69) is 22.6 Å². The highest BCUT2D eigenvalue weighted by molar-refractivity contribution is 14.1. The lowest BCUT2D eigenvalue weighted by Crippen LogP contribution is -2.21. The fraction of sp³-hybridized carbons (Fsp3) is 0.273. The maximum atomic E-state index is 10.9. The number of amides is 2. The summed E-state index contributed by atoms with van der Waals surface area (Å²) in [5, 5.41) is 0. The molecule has 0 radical (unpaired) electrons. The van der Waals surface area contributed by atoms with Gasteiger partial charge in [-0.05, 0) is 34.2 Å². The molecule has 2 amide bonds. The summed E-state index contributed by atoms with van der Waals surface area (Å²) < 4.78 is 1.01. The van der Waals surface area contributed by atoms with Crippen molar-refractivity contribution >= 4 is 34.4 Å². The Morgan fingerprint density at radius 3 is 2.06 bits per heavy atom. The largest absolute Gasteiger partial charge is 0.370 e. The summed E-state index contributed by atoms with van der Waals surface area (Å²) in [5.41, 5.74) is 11.3. The molecule has 0 atom stereocenters. The van der Waals surface area contributed by atoms with Crippen molar-refractivity contribution in [3.63, 3.8) is 0 Å². The Hall–Kier alpha value is -1.11. The van der Waals surface area contributed by atoms with E-state index in [1.807, 2.05) is 24.3 Å². The molecule has 0 saturated heterocycles. The molecule has 0 spiro atoms. The first-order valence-corrected chi connectivity index (χ1v) is 5.89. The van der Waals surface area contributed by atoms with Crippen molar-refractivity contribution in [3.05, 3.63) is 33.4 Å². The van der Waals surface area contributed by atoms with Gasteiger partial charge < -0.3 is 11.5 Å². The van der Waals surface area contributed by atoms with Crippen LogP contribution in [0.4, 0.5) is 0 Å². The van der Waals surface area contributed by atoms with Crippen LogP contribution in [0.3, 0.4) is 0 Å². The number of rotatable bonds is 5. The third kappa shape index (κ3) is 3.80. The zero-order chi connectivity index (χ0) is 12.1. The van der Waals surface area contributed by atoms with Crippen LogP contribution < -0.4 is 11.5 Å². The Kier molecular flexibility index (Phi) is 4.72. The molecule has 5 heteroatoms. The second-order valence-corrected chi connectivity index (χ2v) is 4.72. The van der Waals surface area contributed by atoms with Crippen molar-refractivity contribution in [1.29, 1.82) is 0 Å². The zero-order valence-electron chi connectivity index (χ0n) is 8.65. The van der Waals surface area contributed by atoms with Crippen molar-refractivity contribution < 1.29 is 9.59 Å². The predicted octanol–water partition coefficient (Wildman–Crippen LogP) is 1.13. The van der Waals surface area contributed by atoms with Gasteiger partial charge in [-0.3, -0.25) is 9.59 Å². The summed E-state index contributed by atoms with van der Waals surface area (Å²) in [4.78, 5) is 21.9. The van der Waals surface area contributed by atoms with E-state index in [0.717, 1.165) is 9.13 Å². The zero-order valence-corrected chi connectivity index (χ0v) is 10.8. The van der Waals surface area contributed by atoms with Gasteiger partial charge in [0.25, 0.3) is 0 Å². The number of halogens is 1. The Balaban J connectivity index is 2.96. The van der Waals surface area contributed by atoms with E-state index in [-0.39, 0.29) is 18.8 Å². The number of nitrogens with two attached hydrogens (primary N) is 2. The molecule has 0 unspecified atom stereocenters. The van der Waals surface area contributed by atoms with Crippen molar-refractivity contribution in [2.45, 2.75) is 18.8 Å². The molecule has 0 saturated carbocycles. The van der Waals surface area contributed by atoms with Crippen LogP contribution in [0.25, 0.3) is 0 Å². The predicted molar refractivity (Wildman–Crippen MR) is 69.5 cm³/mol. The molecule has 0 fully saturated rings. The standard InChI is InChI=1S/C11H13IN2O2/c12-9-4-2-1-3-8(9)7(5-10(13)15)6-11(14)16/h1-4,7H,5-6H2,(H2,13,15)(H2,14,16). The van der Waals surface area contributed by atoms with Gasteiger partial charge in [0.15, 0.2) is 0 Å². The number of benzene rings is 1. The third-order valence-electron chi connectivity index (χ3n) is 2.24. The SMILES string of the molecule is NC(=O)CC(CC(N)=O)c1ccccc1I. The molecule has 1 rings (SSSR count). The molecule has 0 aliphatic heterocycles. The average Bonchev–Trinajstić information content (AvgIpc) is 2.15. The van der Waals surface area contributed by atoms with Gasteiger partial charge in [0.05, 0.1) is 0 Å². The van der Waals surface area contributed by atoms with Crippen molar-refractivity contribution in [2.75, 3.05) is 0 Å². The molecular weight excluding hydrogens is 319 g/mol. The highest BCUT2D eigenvalue weighted by Gasteiger charge is 2.18. The summed E-state index contributed by atoms with van der Waals surface area (Å²) >= 11 is 2.16. The van der Waals surface area contributed by atoms with E-state index < -0.39 is 11.8 Å². The van der Waals surface area contributed by atoms with Crippen molar-refractivity contribution in [2.24, 2.45) is 11.5 Å². The van der Waals surface area contributed by atoms with Gasteiger partial charge in [-0.1, -0.05) is 18.2 Å². The molecule has 4 N–H and O–H groups in total. The molecule has 16 heavy (non-hydrogen) atoms. The van der Waals surface area contributed by atoms with Gasteiger partial charge >= 0.3 is 0 Å². The van der Waals surface area contributed by atoms with Crippen molar-refractivity contribution in [1.82, 2.24) is 0 Å². The molecular formula is C11H13IN2O2. The van der Waals surface area contributed by atoms with Crippen LogP contribution >= 0.6 is 22.6 Å². The maximum Gasteiger partial charge on any atom is 0.218 e. The fourth-order valence-corrected chi connectivity index (χ4v) is 2.41. The Morgan fingerprint density at radius 2 is 1.62 bits per heavy atom. The van der Waals surface area contributed by atoms with Gasteiger partial charge in [0, 0.05) is 22.3 Å². The topological polar surface area (TPSA) is 86.2 Å². The van der Waals surface area contributed by atoms with Gasteiger partial charge in [0.2, 0.25) is 11.8 Å². The van der Waals surface area contributed by atoms with Crippen molar-refractivity contribution in [3.8, 4) is 0 Å². The van der Waals surface area contributed by atoms with Crippen LogP contribution in [-0.4, -0.2) is 11.8 Å². The van der Waals surface area contributed by atoms with E-state index in [1.165, 1.54) is 0 Å². The van der Waals surface area contributed by atoms with Gasteiger partial charge in [0.1, 0.15) is 0 Å². The van der Waals surface area contributed by atoms with Crippen LogP contribution in [0.2, 0.25) is 0 Å². The number of hydrogen-bond donors (Lipinski definition) is 2. The number of primary amides is 2. The van der Waals surface area contributed by atoms with E-state index in [1.54, 1.807) is 0 Å². The summed E-state index contributed by atoms with van der Waals surface area (Å²) in [5.74, 6) is -1.07. The van der Waals surface area contributed by atoms with E-state index in [0.29, 0.717) is 0 Å². The second kappa shape index (κ2) is 5.83. The van der Waals surface area contributed by atoms with Gasteiger partial charge in [-0.2, -0.15) is 0 Å². The lowest BCUT2D eigenvalue weighted by Gasteiger charge is -2.15. The summed E-state index contributed by atoms with van der Waals surface area (Å²) in [6.07, 6.45) is 0.284. The van der Waals surface area contributed by atoms with Crippen LogP contribution in [-0.2, 0) is 9.59 Å². The van der Waals surface area contributed by atoms with Crippen LogP contribution in [0.1, 0.15) is 24.3 Å². The molecule has 0 aliphatic rings. The number of carbonyl (C=O) groups excluding carboxylic acids is 2. The second-order valence-electron chi connectivity index (χ2n) is 3.56. The van der Waals surface area contributed by atoms with E-state index in [9.17, 15) is 9.59 Å². The average molecular weight is 332 g/mol. The molecule has 86 valence electrons. The molecule has 1 aromatic carbocycles. The molecule has 0 bridgehead atoms. The fourth-order valence-electron chi connectivity index (χ4n) is 1.58. The lowest BCUT2D eigenvalue weighted by molar-refractivity contribution is -0.119. The van der Waals surface area contributed by atoms with Crippen LogP contribution in [0, 0.1) is 3.57 Å². The first kappa shape index (κ1) is 13.0. The Labute approximate surface area is 108 Å². The summed E-state index contributed by atoms with van der Waals surface area (Å²) in [6, 6.07) is 7.58. The Bertz CT molecular complexity index is 391. The molecule has 0 aromatic heterocycles. The maximum absolute atomic E-state index is 10.9. The third-order valence-corrected chi connectivity index (χ3v) is 3.22. The lowest BCUT2D eigenvalue weighted by atomic mass is 9.92. The Morgan fingerprint density at radius 1 is 1.12 bits per heavy atom. The summed E-state index contributed by atoms with van der Waals surface area (Å²) in [7, 11) is 0. The minimum atomic E-state index is -0.425. The van der Waals surface area contributed by atoms with E-state index in [4.69, 9.17) is 11.5 Å². The number of hydrogen-bond acceptors (Lipinski definition) is 2. The van der Waals surface area contributed by atoms with Crippen LogP contribution in [0.15, 0.2) is 24.3 Å².